The monoisotopic (exact) mass is 196 g/mol. The third-order valence-corrected chi connectivity index (χ3v) is 2.23. The molecule has 0 unspecified atom stereocenters. The summed E-state index contributed by atoms with van der Waals surface area (Å²) in [6.07, 6.45) is 0.0560. The molecule has 0 radical (unpaired) electrons. The van der Waals surface area contributed by atoms with E-state index in [4.69, 9.17) is 11.6 Å². The van der Waals surface area contributed by atoms with Crippen molar-refractivity contribution in [1.29, 1.82) is 0 Å². The van der Waals surface area contributed by atoms with Crippen molar-refractivity contribution >= 4 is 11.6 Å². The van der Waals surface area contributed by atoms with Crippen LogP contribution in [0.15, 0.2) is 42.5 Å². The van der Waals surface area contributed by atoms with E-state index in [9.17, 15) is 5.11 Å². The number of halogens is 1. The highest BCUT2D eigenvalue weighted by molar-refractivity contribution is 6.19. The van der Waals surface area contributed by atoms with E-state index in [0.717, 1.165) is 11.1 Å². The van der Waals surface area contributed by atoms with Gasteiger partial charge in [-0.2, -0.15) is 0 Å². The summed E-state index contributed by atoms with van der Waals surface area (Å²) >= 11 is 5.57. The van der Waals surface area contributed by atoms with Crippen molar-refractivity contribution < 1.29 is 5.11 Å². The molecule has 0 saturated carbocycles. The maximum atomic E-state index is 9.70. The second-order valence-corrected chi connectivity index (χ2v) is 3.28. The number of hydrogen-bond donors (Lipinski definition) is 1. The van der Waals surface area contributed by atoms with E-state index in [1.807, 2.05) is 30.3 Å². The van der Waals surface area contributed by atoms with Gasteiger partial charge in [-0.05, 0) is 12.0 Å². The zero-order valence-electron chi connectivity index (χ0n) is 7.41. The summed E-state index contributed by atoms with van der Waals surface area (Å²) in [4.78, 5) is 0. The van der Waals surface area contributed by atoms with E-state index < -0.39 is 6.10 Å². The minimum absolute atomic E-state index is 0.407. The van der Waals surface area contributed by atoms with Crippen molar-refractivity contribution in [2.24, 2.45) is 0 Å². The summed E-state index contributed by atoms with van der Waals surface area (Å²) < 4.78 is 0. The molecule has 2 heteroatoms. The average Bonchev–Trinajstić information content (AvgIpc) is 2.19. The van der Waals surface area contributed by atoms with Gasteiger partial charge in [0, 0.05) is 5.88 Å². The molecule has 0 aromatic heterocycles. The zero-order chi connectivity index (χ0) is 9.68. The van der Waals surface area contributed by atoms with Gasteiger partial charge in [0.05, 0.1) is 6.10 Å². The maximum Gasteiger partial charge on any atom is 0.0827 e. The lowest BCUT2D eigenvalue weighted by Gasteiger charge is -2.10. The van der Waals surface area contributed by atoms with Gasteiger partial charge in [0.2, 0.25) is 0 Å². The molecule has 0 heterocycles. The van der Waals surface area contributed by atoms with Crippen molar-refractivity contribution in [3.8, 4) is 0 Å². The van der Waals surface area contributed by atoms with Crippen LogP contribution in [0, 0.1) is 0 Å². The Morgan fingerprint density at radius 1 is 1.38 bits per heavy atom. The molecule has 0 spiro atoms. The quantitative estimate of drug-likeness (QED) is 0.580. The zero-order valence-corrected chi connectivity index (χ0v) is 8.17. The van der Waals surface area contributed by atoms with Gasteiger partial charge in [0.1, 0.15) is 0 Å². The predicted octanol–water partition coefficient (Wildman–Crippen LogP) is 2.91. The van der Waals surface area contributed by atoms with Crippen molar-refractivity contribution in [2.45, 2.75) is 12.5 Å². The fraction of sp³-hybridized carbons (Fsp3) is 0.273. The van der Waals surface area contributed by atoms with Gasteiger partial charge in [-0.1, -0.05) is 42.5 Å². The molecule has 0 fully saturated rings. The molecule has 0 bridgehead atoms. The van der Waals surface area contributed by atoms with Gasteiger partial charge < -0.3 is 5.11 Å². The largest absolute Gasteiger partial charge is 0.388 e. The second kappa shape index (κ2) is 5.05. The number of benzene rings is 1. The van der Waals surface area contributed by atoms with Gasteiger partial charge in [0.15, 0.2) is 0 Å². The molecule has 1 aromatic carbocycles. The summed E-state index contributed by atoms with van der Waals surface area (Å²) in [5.41, 5.74) is 1.77. The summed E-state index contributed by atoms with van der Waals surface area (Å²) in [6, 6.07) is 9.52. The Labute approximate surface area is 83.7 Å². The van der Waals surface area contributed by atoms with E-state index in [1.54, 1.807) is 0 Å². The lowest BCUT2D eigenvalue weighted by Crippen LogP contribution is -1.99. The number of alkyl halides is 1. The second-order valence-electron chi connectivity index (χ2n) is 3.01. The molecule has 1 atom stereocenters. The van der Waals surface area contributed by atoms with E-state index in [0.29, 0.717) is 12.3 Å². The minimum Gasteiger partial charge on any atom is -0.388 e. The van der Waals surface area contributed by atoms with Gasteiger partial charge in [-0.3, -0.25) is 0 Å². The van der Waals surface area contributed by atoms with Gasteiger partial charge in [-0.25, -0.2) is 0 Å². The Hall–Kier alpha value is -0.790. The Bertz CT molecular complexity index is 269. The Morgan fingerprint density at radius 2 is 2.00 bits per heavy atom. The first kappa shape index (κ1) is 10.3. The van der Waals surface area contributed by atoms with Crippen LogP contribution < -0.4 is 0 Å². The highest BCUT2D eigenvalue weighted by atomic mass is 35.5. The first-order valence-electron chi connectivity index (χ1n) is 4.19. The molecular weight excluding hydrogens is 184 g/mol. The van der Waals surface area contributed by atoms with Crippen LogP contribution in [-0.4, -0.2) is 11.0 Å². The van der Waals surface area contributed by atoms with Crippen LogP contribution in [0.25, 0.3) is 0 Å². The first-order chi connectivity index (χ1) is 6.24. The molecule has 0 amide bonds. The van der Waals surface area contributed by atoms with Crippen molar-refractivity contribution in [2.75, 3.05) is 5.88 Å². The first-order valence-corrected chi connectivity index (χ1v) is 4.73. The lowest BCUT2D eigenvalue weighted by molar-refractivity contribution is 0.178. The van der Waals surface area contributed by atoms with Crippen LogP contribution in [0.5, 0.6) is 0 Å². The summed E-state index contributed by atoms with van der Waals surface area (Å²) in [6.45, 7) is 3.75. The molecular formula is C11H13ClO. The summed E-state index contributed by atoms with van der Waals surface area (Å²) in [5, 5.41) is 9.70. The molecule has 1 N–H and O–H groups in total. The average molecular weight is 197 g/mol. The Balaban J connectivity index is 2.59. The van der Waals surface area contributed by atoms with Gasteiger partial charge >= 0.3 is 0 Å². The van der Waals surface area contributed by atoms with Crippen LogP contribution >= 0.6 is 11.6 Å². The molecule has 0 aliphatic carbocycles. The number of aliphatic hydroxyl groups is 1. The normalized spacial score (nSPS) is 12.5. The number of rotatable bonds is 4. The maximum absolute atomic E-state index is 9.70. The topological polar surface area (TPSA) is 20.2 Å². The molecule has 1 aromatic rings. The van der Waals surface area contributed by atoms with E-state index in [1.165, 1.54) is 0 Å². The molecule has 0 aliphatic heterocycles. The fourth-order valence-corrected chi connectivity index (χ4v) is 1.23. The lowest BCUT2D eigenvalue weighted by atomic mass is 10.0. The van der Waals surface area contributed by atoms with Crippen LogP contribution in [0.2, 0.25) is 0 Å². The minimum atomic E-state index is -0.479. The van der Waals surface area contributed by atoms with E-state index >= 15 is 0 Å². The molecule has 70 valence electrons. The van der Waals surface area contributed by atoms with Gasteiger partial charge in [0.25, 0.3) is 0 Å². The van der Waals surface area contributed by atoms with Crippen molar-refractivity contribution in [3.05, 3.63) is 48.0 Å². The van der Waals surface area contributed by atoms with E-state index in [-0.39, 0.29) is 0 Å². The molecule has 1 rings (SSSR count). The van der Waals surface area contributed by atoms with E-state index in [2.05, 4.69) is 6.58 Å². The van der Waals surface area contributed by atoms with Gasteiger partial charge in [-0.15, -0.1) is 11.6 Å². The smallest absolute Gasteiger partial charge is 0.0827 e. The highest BCUT2D eigenvalue weighted by Gasteiger charge is 2.07. The van der Waals surface area contributed by atoms with Crippen LogP contribution in [0.4, 0.5) is 0 Å². The molecule has 1 nitrogen and oxygen atoms in total. The predicted molar refractivity (Wildman–Crippen MR) is 55.9 cm³/mol. The van der Waals surface area contributed by atoms with Crippen molar-refractivity contribution in [3.63, 3.8) is 0 Å². The number of hydrogen-bond acceptors (Lipinski definition) is 1. The van der Waals surface area contributed by atoms with Crippen LogP contribution in [-0.2, 0) is 0 Å². The van der Waals surface area contributed by atoms with Crippen LogP contribution in [0.3, 0.4) is 0 Å². The summed E-state index contributed by atoms with van der Waals surface area (Å²) in [7, 11) is 0. The third kappa shape index (κ3) is 3.21. The highest BCUT2D eigenvalue weighted by Crippen LogP contribution is 2.19. The molecule has 13 heavy (non-hydrogen) atoms. The Morgan fingerprint density at radius 3 is 2.54 bits per heavy atom. The van der Waals surface area contributed by atoms with Crippen LogP contribution in [0.1, 0.15) is 18.1 Å². The van der Waals surface area contributed by atoms with Crippen molar-refractivity contribution in [1.82, 2.24) is 0 Å². The fourth-order valence-electron chi connectivity index (χ4n) is 1.12. The Kier molecular flexibility index (Phi) is 4.00. The molecule has 0 aliphatic rings. The standard InChI is InChI=1S/C11H13ClO/c1-9(8-12)7-11(13)10-5-3-2-4-6-10/h2-6,11,13H,1,7-8H2/t11-/m0/s1. The third-order valence-electron chi connectivity index (χ3n) is 1.86. The number of aliphatic hydroxyl groups excluding tert-OH is 1. The SMILES string of the molecule is C=C(CCl)C[C@H](O)c1ccccc1. The molecule has 0 saturated heterocycles. The summed E-state index contributed by atoms with van der Waals surface area (Å²) in [5.74, 6) is 0.407.